The average Bonchev–Trinajstić information content (AvgIpc) is 3.50. The number of rotatable bonds is 69. The molecule has 0 rings (SSSR count). The van der Waals surface area contributed by atoms with Crippen molar-refractivity contribution < 1.29 is 37.3 Å². The number of likely N-dealkylation sites (N-methyl/N-ethyl adjacent to an activating group) is 1. The molecule has 0 spiro atoms. The van der Waals surface area contributed by atoms with Gasteiger partial charge in [-0.15, -0.1) is 0 Å². The van der Waals surface area contributed by atoms with E-state index in [1.807, 2.05) is 27.2 Å². The van der Waals surface area contributed by atoms with Crippen LogP contribution in [0.2, 0.25) is 0 Å². The van der Waals surface area contributed by atoms with Crippen molar-refractivity contribution in [2.24, 2.45) is 0 Å². The molecule has 85 heavy (non-hydrogen) atoms. The second kappa shape index (κ2) is 65.2. The topological polar surface area (TPSA) is 111 Å². The minimum atomic E-state index is -4.45. The lowest BCUT2D eigenvalue weighted by Crippen LogP contribution is -2.47. The van der Waals surface area contributed by atoms with E-state index in [4.69, 9.17) is 13.8 Å². The number of hydrogen-bond acceptors (Lipinski definition) is 6. The Hall–Kier alpha value is -1.77. The predicted molar refractivity (Wildman–Crippen MR) is 369 cm³/mol. The van der Waals surface area contributed by atoms with E-state index in [2.05, 4.69) is 56.5 Å². The van der Waals surface area contributed by atoms with Crippen LogP contribution >= 0.6 is 7.82 Å². The first-order chi connectivity index (χ1) is 41.4. The molecule has 0 radical (unpaired) electrons. The van der Waals surface area contributed by atoms with Gasteiger partial charge in [-0.2, -0.15) is 0 Å². The number of amides is 1. The number of carbonyl (C=O) groups is 2. The Morgan fingerprint density at radius 3 is 1.08 bits per heavy atom. The van der Waals surface area contributed by atoms with Gasteiger partial charge in [-0.25, -0.2) is 4.57 Å². The Bertz CT molecular complexity index is 1550. The lowest BCUT2D eigenvalue weighted by molar-refractivity contribution is -0.870. The van der Waals surface area contributed by atoms with Crippen molar-refractivity contribution in [3.05, 3.63) is 36.5 Å². The zero-order valence-electron chi connectivity index (χ0n) is 57.6. The highest BCUT2D eigenvalue weighted by atomic mass is 31.2. The summed E-state index contributed by atoms with van der Waals surface area (Å²) in [5.74, 6) is -0.485. The Balaban J connectivity index is 5.02. The van der Waals surface area contributed by atoms with Crippen LogP contribution in [-0.4, -0.2) is 74.3 Å². The van der Waals surface area contributed by atoms with Gasteiger partial charge in [-0.3, -0.25) is 18.6 Å². The number of nitrogens with zero attached hydrogens (tertiary/aromatic N) is 1. The Labute approximate surface area is 529 Å². The molecule has 1 amide bonds. The van der Waals surface area contributed by atoms with E-state index in [0.717, 1.165) is 64.2 Å². The zero-order valence-corrected chi connectivity index (χ0v) is 58.5. The third kappa shape index (κ3) is 66.5. The van der Waals surface area contributed by atoms with E-state index in [-0.39, 0.29) is 25.1 Å². The molecule has 0 bridgehead atoms. The standard InChI is InChI=1S/C75H145N2O7P/c1-7-10-13-16-19-22-25-28-30-32-34-36-37-38-39-41-43-45-47-50-53-56-59-62-65-68-75(79)84-73(66-63-60-57-54-51-48-27-24-21-18-15-12-9-3)72(71-83-85(80,81)82-70-69-77(4,5)6)76-74(78)67-64-61-58-55-52-49-46-44-42-40-35-33-31-29-26-23-20-17-14-11-8-2/h20,23,29,31,63,66,72-73H,7-19,21-22,24-28,30,32-62,64-65,67-71H2,1-6H3,(H-,76,78,80,81)/p+1/b23-20-,31-29-,66-63+. The molecule has 0 fully saturated rings. The molecule has 2 N–H and O–H groups in total. The molecule has 0 aliphatic heterocycles. The zero-order chi connectivity index (χ0) is 62.1. The number of unbranched alkanes of at least 4 members (excludes halogenated alkanes) is 49. The van der Waals surface area contributed by atoms with Gasteiger partial charge < -0.3 is 19.4 Å². The number of nitrogens with one attached hydrogen (secondary N) is 1. The van der Waals surface area contributed by atoms with Crippen molar-refractivity contribution in [2.45, 2.75) is 392 Å². The number of esters is 1. The third-order valence-corrected chi connectivity index (χ3v) is 18.1. The van der Waals surface area contributed by atoms with Crippen LogP contribution in [0, 0.1) is 0 Å². The minimum Gasteiger partial charge on any atom is -0.456 e. The largest absolute Gasteiger partial charge is 0.472 e. The van der Waals surface area contributed by atoms with Gasteiger partial charge >= 0.3 is 13.8 Å². The molecule has 10 heteroatoms. The Kier molecular flexibility index (Phi) is 63.8. The average molecular weight is 1220 g/mol. The van der Waals surface area contributed by atoms with Gasteiger partial charge in [-0.05, 0) is 63.9 Å². The van der Waals surface area contributed by atoms with E-state index in [0.29, 0.717) is 23.9 Å². The second-order valence-corrected chi connectivity index (χ2v) is 28.3. The number of phosphoric acid groups is 1. The van der Waals surface area contributed by atoms with Gasteiger partial charge in [0.2, 0.25) is 5.91 Å². The maximum Gasteiger partial charge on any atom is 0.472 e. The number of allylic oxidation sites excluding steroid dienone is 5. The van der Waals surface area contributed by atoms with E-state index in [9.17, 15) is 19.0 Å². The molecular weight excluding hydrogens is 1070 g/mol. The highest BCUT2D eigenvalue weighted by Gasteiger charge is 2.30. The summed E-state index contributed by atoms with van der Waals surface area (Å²) >= 11 is 0. The molecule has 0 aliphatic carbocycles. The molecule has 3 atom stereocenters. The van der Waals surface area contributed by atoms with Crippen molar-refractivity contribution in [1.82, 2.24) is 5.32 Å². The quantitative estimate of drug-likeness (QED) is 0.0205. The summed E-state index contributed by atoms with van der Waals surface area (Å²) < 4.78 is 30.9. The highest BCUT2D eigenvalue weighted by Crippen LogP contribution is 2.43. The third-order valence-electron chi connectivity index (χ3n) is 17.1. The summed E-state index contributed by atoms with van der Waals surface area (Å²) in [6.45, 7) is 7.06. The van der Waals surface area contributed by atoms with Gasteiger partial charge in [-0.1, -0.05) is 340 Å². The highest BCUT2D eigenvalue weighted by molar-refractivity contribution is 7.47. The number of hydrogen-bond donors (Lipinski definition) is 2. The number of ether oxygens (including phenoxy) is 1. The van der Waals surface area contributed by atoms with Crippen LogP contribution in [-0.2, 0) is 27.9 Å². The molecule has 0 aromatic heterocycles. The number of quaternary nitrogens is 1. The molecule has 0 saturated carbocycles. The summed E-state index contributed by atoms with van der Waals surface area (Å²) in [6.07, 6.45) is 81.6. The van der Waals surface area contributed by atoms with Crippen molar-refractivity contribution in [1.29, 1.82) is 0 Å². The molecule has 9 nitrogen and oxygen atoms in total. The number of phosphoric ester groups is 1. The summed E-state index contributed by atoms with van der Waals surface area (Å²) in [5.41, 5.74) is 0. The molecule has 0 saturated heterocycles. The van der Waals surface area contributed by atoms with Crippen molar-refractivity contribution in [2.75, 3.05) is 40.9 Å². The Morgan fingerprint density at radius 2 is 0.718 bits per heavy atom. The summed E-state index contributed by atoms with van der Waals surface area (Å²) in [5, 5.41) is 3.08. The number of carbonyl (C=O) groups excluding carboxylic acids is 2. The van der Waals surface area contributed by atoms with Gasteiger partial charge in [0, 0.05) is 12.8 Å². The molecular formula is C75H146N2O7P+. The van der Waals surface area contributed by atoms with Crippen LogP contribution in [0.15, 0.2) is 36.5 Å². The van der Waals surface area contributed by atoms with Crippen LogP contribution in [0.25, 0.3) is 0 Å². The minimum absolute atomic E-state index is 0.0428. The molecule has 0 aromatic rings. The van der Waals surface area contributed by atoms with Gasteiger partial charge in [0.15, 0.2) is 0 Å². The van der Waals surface area contributed by atoms with Crippen molar-refractivity contribution >= 4 is 19.7 Å². The second-order valence-electron chi connectivity index (χ2n) is 26.8. The van der Waals surface area contributed by atoms with Crippen molar-refractivity contribution in [3.8, 4) is 0 Å². The van der Waals surface area contributed by atoms with Gasteiger partial charge in [0.25, 0.3) is 0 Å². The van der Waals surface area contributed by atoms with Crippen LogP contribution in [0.4, 0.5) is 0 Å². The van der Waals surface area contributed by atoms with Gasteiger partial charge in [0.1, 0.15) is 19.3 Å². The summed E-state index contributed by atoms with van der Waals surface area (Å²) in [4.78, 5) is 38.0. The molecule has 502 valence electrons. The maximum atomic E-state index is 13.6. The molecule has 0 aromatic carbocycles. The SMILES string of the molecule is CCCCC/C=C\C/C=C\CCCCCCCCCCCCCC(=O)NC(COP(=O)(O)OCC[N+](C)(C)C)C(/C=C/CCCCCCCCCCCCC)OC(=O)CCCCCCCCCCCCCCCCCCCCCCCCCCC. The summed E-state index contributed by atoms with van der Waals surface area (Å²) in [7, 11) is 1.51. The van der Waals surface area contributed by atoms with Crippen molar-refractivity contribution in [3.63, 3.8) is 0 Å². The Morgan fingerprint density at radius 1 is 0.412 bits per heavy atom. The van der Waals surface area contributed by atoms with Crippen LogP contribution in [0.5, 0.6) is 0 Å². The fourth-order valence-electron chi connectivity index (χ4n) is 11.3. The first-order valence-electron chi connectivity index (χ1n) is 37.3. The maximum absolute atomic E-state index is 13.6. The fraction of sp³-hybridized carbons (Fsp3) is 0.893. The lowest BCUT2D eigenvalue weighted by Gasteiger charge is -2.27. The van der Waals surface area contributed by atoms with Crippen LogP contribution in [0.1, 0.15) is 380 Å². The predicted octanol–water partition coefficient (Wildman–Crippen LogP) is 23.8. The van der Waals surface area contributed by atoms with E-state index >= 15 is 0 Å². The first kappa shape index (κ1) is 83.2. The molecule has 0 heterocycles. The van der Waals surface area contributed by atoms with Crippen LogP contribution < -0.4 is 5.32 Å². The van der Waals surface area contributed by atoms with E-state index < -0.39 is 20.0 Å². The monoisotopic (exact) mass is 1220 g/mol. The lowest BCUT2D eigenvalue weighted by atomic mass is 10.0. The normalized spacial score (nSPS) is 13.6. The molecule has 3 unspecified atom stereocenters. The van der Waals surface area contributed by atoms with Crippen LogP contribution in [0.3, 0.4) is 0 Å². The van der Waals surface area contributed by atoms with E-state index in [1.54, 1.807) is 0 Å². The smallest absolute Gasteiger partial charge is 0.456 e. The van der Waals surface area contributed by atoms with Gasteiger partial charge in [0.05, 0.1) is 33.8 Å². The van der Waals surface area contributed by atoms with E-state index in [1.165, 1.54) is 283 Å². The first-order valence-corrected chi connectivity index (χ1v) is 38.8. The molecule has 0 aliphatic rings. The fourth-order valence-corrected chi connectivity index (χ4v) is 12.1. The summed E-state index contributed by atoms with van der Waals surface area (Å²) in [6, 6.07) is -0.847.